The summed E-state index contributed by atoms with van der Waals surface area (Å²) >= 11 is 0. The van der Waals surface area contributed by atoms with Crippen molar-refractivity contribution in [1.82, 2.24) is 24.0 Å². The Balaban J connectivity index is 1.51. The molecule has 4 heterocycles. The number of allylic oxidation sites excluding steroid dienone is 1. The van der Waals surface area contributed by atoms with Crippen LogP contribution in [0.25, 0.3) is 16.7 Å². The molecule has 1 aliphatic heterocycles. The smallest absolute Gasteiger partial charge is 0.334 e. The molecule has 9 nitrogen and oxygen atoms in total. The molecule has 0 spiro atoms. The van der Waals surface area contributed by atoms with Crippen molar-refractivity contribution in [3.63, 3.8) is 0 Å². The Labute approximate surface area is 210 Å². The standard InChI is InChI=1S/C26H24F2N6O3/c27-12-1-4-23(35)32-14-2-3-19(16-32)33-21-11-13-30-25(29)24(21)34(26(33)36)18-6-8-20(9-7-18)37-22-10-5-17(28)15-31-22/h1,4-11,13,15,19H,2-3,12,14,16H2,(H2,29,30)/b4-1+. The Kier molecular flexibility index (Phi) is 6.67. The number of amides is 1. The summed E-state index contributed by atoms with van der Waals surface area (Å²) in [5, 5.41) is 0. The van der Waals surface area contributed by atoms with Crippen LogP contribution in [0.5, 0.6) is 11.6 Å². The highest BCUT2D eigenvalue weighted by atomic mass is 19.1. The first kappa shape index (κ1) is 24.2. The summed E-state index contributed by atoms with van der Waals surface area (Å²) in [7, 11) is 0. The van der Waals surface area contributed by atoms with Gasteiger partial charge in [-0.05, 0) is 55.3 Å². The average Bonchev–Trinajstić information content (AvgIpc) is 3.22. The van der Waals surface area contributed by atoms with E-state index in [1.54, 1.807) is 46.0 Å². The number of anilines is 1. The number of carbonyl (C=O) groups is 1. The number of rotatable bonds is 6. The van der Waals surface area contributed by atoms with E-state index in [2.05, 4.69) is 9.97 Å². The van der Waals surface area contributed by atoms with Gasteiger partial charge in [0.25, 0.3) is 0 Å². The minimum Gasteiger partial charge on any atom is -0.439 e. The summed E-state index contributed by atoms with van der Waals surface area (Å²) in [5.41, 5.74) is 7.51. The summed E-state index contributed by atoms with van der Waals surface area (Å²) in [6.07, 6.45) is 6.39. The van der Waals surface area contributed by atoms with Crippen LogP contribution in [0.4, 0.5) is 14.6 Å². The number of nitrogens with two attached hydrogens (primary N) is 1. The fraction of sp³-hybridized carbons (Fsp3) is 0.231. The highest BCUT2D eigenvalue weighted by Gasteiger charge is 2.28. The predicted molar refractivity (Wildman–Crippen MR) is 134 cm³/mol. The quantitative estimate of drug-likeness (QED) is 0.399. The molecule has 1 aliphatic rings. The van der Waals surface area contributed by atoms with Crippen molar-refractivity contribution in [3.8, 4) is 17.3 Å². The zero-order valence-electron chi connectivity index (χ0n) is 19.8. The molecule has 1 saturated heterocycles. The zero-order chi connectivity index (χ0) is 25.9. The van der Waals surface area contributed by atoms with Crippen molar-refractivity contribution >= 4 is 22.8 Å². The van der Waals surface area contributed by atoms with E-state index in [4.69, 9.17) is 10.5 Å². The second-order valence-electron chi connectivity index (χ2n) is 8.60. The van der Waals surface area contributed by atoms with Gasteiger partial charge < -0.3 is 15.4 Å². The lowest BCUT2D eigenvalue weighted by Crippen LogP contribution is -2.42. The molecule has 0 radical (unpaired) electrons. The molecule has 3 aromatic heterocycles. The van der Waals surface area contributed by atoms with Crippen molar-refractivity contribution in [2.45, 2.75) is 18.9 Å². The van der Waals surface area contributed by atoms with Gasteiger partial charge in [0, 0.05) is 31.4 Å². The number of aromatic nitrogens is 4. The summed E-state index contributed by atoms with van der Waals surface area (Å²) in [4.78, 5) is 35.9. The number of nitrogens with zero attached hydrogens (tertiary/aromatic N) is 5. The predicted octanol–water partition coefficient (Wildman–Crippen LogP) is 3.79. The molecular weight excluding hydrogens is 482 g/mol. The molecular formula is C26H24F2N6O3. The number of piperidine rings is 1. The van der Waals surface area contributed by atoms with Crippen LogP contribution in [0.1, 0.15) is 18.9 Å². The maximum absolute atomic E-state index is 13.8. The van der Waals surface area contributed by atoms with Gasteiger partial charge in [-0.1, -0.05) is 0 Å². The van der Waals surface area contributed by atoms with Crippen LogP contribution in [-0.4, -0.2) is 49.7 Å². The van der Waals surface area contributed by atoms with Gasteiger partial charge >= 0.3 is 5.69 Å². The fourth-order valence-electron chi connectivity index (χ4n) is 4.60. The van der Waals surface area contributed by atoms with Gasteiger partial charge in [0.05, 0.1) is 23.4 Å². The van der Waals surface area contributed by atoms with Gasteiger partial charge in [0.2, 0.25) is 11.8 Å². The molecule has 1 atom stereocenters. The first-order valence-corrected chi connectivity index (χ1v) is 11.7. The van der Waals surface area contributed by atoms with Crippen LogP contribution >= 0.6 is 0 Å². The number of benzene rings is 1. The number of carbonyl (C=O) groups excluding carboxylic acids is 1. The highest BCUT2D eigenvalue weighted by Crippen LogP contribution is 2.29. The van der Waals surface area contributed by atoms with E-state index >= 15 is 0 Å². The third-order valence-electron chi connectivity index (χ3n) is 6.25. The highest BCUT2D eigenvalue weighted by molar-refractivity contribution is 5.88. The van der Waals surface area contributed by atoms with E-state index < -0.39 is 12.5 Å². The summed E-state index contributed by atoms with van der Waals surface area (Å²) in [6, 6.07) is 10.8. The molecule has 190 valence electrons. The zero-order valence-corrected chi connectivity index (χ0v) is 19.8. The van der Waals surface area contributed by atoms with Crippen LogP contribution in [0.3, 0.4) is 0 Å². The van der Waals surface area contributed by atoms with Crippen molar-refractivity contribution in [2.24, 2.45) is 0 Å². The lowest BCUT2D eigenvalue weighted by Gasteiger charge is -2.32. The number of hydrogen-bond donors (Lipinski definition) is 1. The van der Waals surface area contributed by atoms with Crippen LogP contribution in [0, 0.1) is 5.82 Å². The minimum absolute atomic E-state index is 0.193. The van der Waals surface area contributed by atoms with Crippen LogP contribution < -0.4 is 16.2 Å². The molecule has 0 saturated carbocycles. The molecule has 1 fully saturated rings. The fourth-order valence-corrected chi connectivity index (χ4v) is 4.60. The Bertz CT molecular complexity index is 1510. The molecule has 1 amide bonds. The molecule has 37 heavy (non-hydrogen) atoms. The first-order chi connectivity index (χ1) is 18.0. The molecule has 11 heteroatoms. The van der Waals surface area contributed by atoms with Gasteiger partial charge in [0.15, 0.2) is 0 Å². The number of hydrogen-bond acceptors (Lipinski definition) is 6. The molecule has 1 aromatic carbocycles. The number of imidazole rings is 1. The average molecular weight is 507 g/mol. The Morgan fingerprint density at radius 3 is 2.70 bits per heavy atom. The van der Waals surface area contributed by atoms with E-state index in [-0.39, 0.29) is 29.3 Å². The van der Waals surface area contributed by atoms with E-state index in [1.807, 2.05) is 0 Å². The van der Waals surface area contributed by atoms with Gasteiger partial charge in [0.1, 0.15) is 29.6 Å². The minimum atomic E-state index is -0.716. The molecule has 0 aliphatic carbocycles. The monoisotopic (exact) mass is 506 g/mol. The number of halogens is 2. The molecule has 0 bridgehead atoms. The number of fused-ring (bicyclic) bond motifs is 1. The first-order valence-electron chi connectivity index (χ1n) is 11.7. The van der Waals surface area contributed by atoms with E-state index in [0.717, 1.165) is 6.20 Å². The number of pyridine rings is 2. The van der Waals surface area contributed by atoms with Crippen molar-refractivity contribution in [3.05, 3.63) is 83.3 Å². The topological polar surface area (TPSA) is 108 Å². The summed E-state index contributed by atoms with van der Waals surface area (Å²) in [6.45, 7) is 0.133. The number of likely N-dealkylation sites (tertiary alicyclic amines) is 1. The van der Waals surface area contributed by atoms with Crippen LogP contribution in [-0.2, 0) is 4.79 Å². The van der Waals surface area contributed by atoms with E-state index in [1.165, 1.54) is 28.9 Å². The normalized spacial score (nSPS) is 15.9. The Morgan fingerprint density at radius 2 is 1.97 bits per heavy atom. The van der Waals surface area contributed by atoms with Gasteiger partial charge in [-0.25, -0.2) is 23.5 Å². The Hall–Kier alpha value is -4.54. The van der Waals surface area contributed by atoms with Gasteiger partial charge in [-0.2, -0.15) is 0 Å². The number of nitrogen functional groups attached to an aromatic ring is 1. The lowest BCUT2D eigenvalue weighted by molar-refractivity contribution is -0.127. The molecule has 2 N–H and O–H groups in total. The number of alkyl halides is 1. The molecule has 1 unspecified atom stereocenters. The second kappa shape index (κ2) is 10.2. The van der Waals surface area contributed by atoms with Crippen LogP contribution in [0.2, 0.25) is 0 Å². The SMILES string of the molecule is Nc1nccc2c1n(-c1ccc(Oc3ccc(F)cn3)cc1)c(=O)n2C1CCCN(C(=O)/C=C/CF)C1. The third kappa shape index (κ3) is 4.80. The third-order valence-corrected chi connectivity index (χ3v) is 6.25. The van der Waals surface area contributed by atoms with E-state index in [0.29, 0.717) is 48.4 Å². The molecule has 5 rings (SSSR count). The maximum Gasteiger partial charge on any atom is 0.334 e. The second-order valence-corrected chi connectivity index (χ2v) is 8.60. The van der Waals surface area contributed by atoms with Crippen LogP contribution in [0.15, 0.2) is 71.8 Å². The van der Waals surface area contributed by atoms with Gasteiger partial charge in [-0.15, -0.1) is 0 Å². The maximum atomic E-state index is 13.8. The van der Waals surface area contributed by atoms with Crippen molar-refractivity contribution in [2.75, 3.05) is 25.5 Å². The number of ether oxygens (including phenoxy) is 1. The Morgan fingerprint density at radius 1 is 1.16 bits per heavy atom. The summed E-state index contributed by atoms with van der Waals surface area (Å²) < 4.78 is 34.4. The van der Waals surface area contributed by atoms with Crippen molar-refractivity contribution < 1.29 is 18.3 Å². The van der Waals surface area contributed by atoms with Crippen molar-refractivity contribution in [1.29, 1.82) is 0 Å². The summed E-state index contributed by atoms with van der Waals surface area (Å²) in [5.74, 6) is 0.124. The largest absolute Gasteiger partial charge is 0.439 e. The lowest BCUT2D eigenvalue weighted by atomic mass is 10.1. The van der Waals surface area contributed by atoms with E-state index in [9.17, 15) is 18.4 Å². The van der Waals surface area contributed by atoms with Gasteiger partial charge in [-0.3, -0.25) is 13.9 Å². The molecule has 4 aromatic rings.